The average Bonchev–Trinajstić information content (AvgIpc) is 2.50. The molecule has 0 saturated carbocycles. The third-order valence-electron chi connectivity index (χ3n) is 3.79. The Labute approximate surface area is 123 Å². The Morgan fingerprint density at radius 2 is 2.14 bits per heavy atom. The van der Waals surface area contributed by atoms with Crippen molar-refractivity contribution in [3.05, 3.63) is 58.7 Å². The number of nitrogens with one attached hydrogen (secondary N) is 2. The number of hydrogen-bond donors (Lipinski definition) is 3. The average molecular weight is 282 g/mol. The van der Waals surface area contributed by atoms with E-state index < -0.39 is 0 Å². The molecule has 3 N–H and O–H groups in total. The first-order chi connectivity index (χ1) is 10.1. The summed E-state index contributed by atoms with van der Waals surface area (Å²) in [7, 11) is 0. The van der Waals surface area contributed by atoms with Crippen molar-refractivity contribution in [2.24, 2.45) is 0 Å². The van der Waals surface area contributed by atoms with Gasteiger partial charge >= 0.3 is 0 Å². The van der Waals surface area contributed by atoms with Crippen LogP contribution in [0.25, 0.3) is 0 Å². The molecular weight excluding hydrogens is 264 g/mol. The predicted molar refractivity (Wildman–Crippen MR) is 82.6 cm³/mol. The Morgan fingerprint density at radius 3 is 3.00 bits per heavy atom. The highest BCUT2D eigenvalue weighted by atomic mass is 16.3. The van der Waals surface area contributed by atoms with Gasteiger partial charge in [0.05, 0.1) is 5.56 Å². The van der Waals surface area contributed by atoms with Crippen LogP contribution >= 0.6 is 0 Å². The summed E-state index contributed by atoms with van der Waals surface area (Å²) in [5.41, 5.74) is 4.47. The first kappa shape index (κ1) is 13.6. The third kappa shape index (κ3) is 2.76. The second kappa shape index (κ2) is 5.58. The number of amides is 1. The molecule has 1 aliphatic rings. The number of phenols is 1. The number of fused-ring (bicyclic) bond motifs is 1. The minimum atomic E-state index is -0.275. The molecule has 0 aromatic heterocycles. The smallest absolute Gasteiger partial charge is 0.259 e. The number of hydrogen-bond acceptors (Lipinski definition) is 3. The van der Waals surface area contributed by atoms with Crippen LogP contribution in [0.2, 0.25) is 0 Å². The molecule has 4 nitrogen and oxygen atoms in total. The van der Waals surface area contributed by atoms with Crippen molar-refractivity contribution >= 4 is 11.6 Å². The van der Waals surface area contributed by atoms with Gasteiger partial charge in [0.25, 0.3) is 5.91 Å². The molecule has 0 spiro atoms. The molecule has 108 valence electrons. The molecule has 0 radical (unpaired) electrons. The molecule has 0 unspecified atom stereocenters. The van der Waals surface area contributed by atoms with Crippen LogP contribution in [-0.4, -0.2) is 17.6 Å². The van der Waals surface area contributed by atoms with Crippen LogP contribution in [0.15, 0.2) is 36.4 Å². The normalized spacial score (nSPS) is 13.6. The highest BCUT2D eigenvalue weighted by Gasteiger charge is 2.16. The fourth-order valence-corrected chi connectivity index (χ4v) is 2.67. The quantitative estimate of drug-likeness (QED) is 0.793. The first-order valence-electron chi connectivity index (χ1n) is 7.07. The van der Waals surface area contributed by atoms with E-state index in [1.807, 2.05) is 19.1 Å². The van der Waals surface area contributed by atoms with Crippen molar-refractivity contribution in [2.45, 2.75) is 19.9 Å². The first-order valence-corrected chi connectivity index (χ1v) is 7.07. The number of anilines is 1. The van der Waals surface area contributed by atoms with Crippen molar-refractivity contribution in [1.29, 1.82) is 0 Å². The van der Waals surface area contributed by atoms with Crippen LogP contribution < -0.4 is 10.6 Å². The highest BCUT2D eigenvalue weighted by molar-refractivity contribution is 6.06. The minimum Gasteiger partial charge on any atom is -0.507 e. The zero-order valence-electron chi connectivity index (χ0n) is 11.9. The van der Waals surface area contributed by atoms with E-state index in [2.05, 4.69) is 16.7 Å². The number of aryl methyl sites for hydroxylation is 1. The van der Waals surface area contributed by atoms with Crippen LogP contribution in [0, 0.1) is 6.92 Å². The maximum Gasteiger partial charge on any atom is 0.259 e. The number of phenolic OH excluding ortho intramolecular Hbond substituents is 1. The van der Waals surface area contributed by atoms with Crippen molar-refractivity contribution < 1.29 is 9.90 Å². The van der Waals surface area contributed by atoms with Gasteiger partial charge in [-0.05, 0) is 49.2 Å². The van der Waals surface area contributed by atoms with E-state index in [1.165, 1.54) is 11.1 Å². The molecule has 1 heterocycles. The maximum absolute atomic E-state index is 12.4. The van der Waals surface area contributed by atoms with E-state index >= 15 is 0 Å². The van der Waals surface area contributed by atoms with E-state index in [0.717, 1.165) is 30.8 Å². The van der Waals surface area contributed by atoms with Gasteiger partial charge in [-0.3, -0.25) is 4.79 Å². The van der Waals surface area contributed by atoms with Crippen LogP contribution in [-0.2, 0) is 13.0 Å². The van der Waals surface area contributed by atoms with Crippen LogP contribution in [0.3, 0.4) is 0 Å². The van der Waals surface area contributed by atoms with E-state index in [0.29, 0.717) is 5.56 Å². The lowest BCUT2D eigenvalue weighted by molar-refractivity contribution is 0.102. The Bertz CT molecular complexity index is 695. The molecule has 4 heteroatoms. The van der Waals surface area contributed by atoms with E-state index in [-0.39, 0.29) is 11.7 Å². The highest BCUT2D eigenvalue weighted by Crippen LogP contribution is 2.25. The third-order valence-corrected chi connectivity index (χ3v) is 3.79. The minimum absolute atomic E-state index is 0.00423. The second-order valence-electron chi connectivity index (χ2n) is 5.34. The van der Waals surface area contributed by atoms with Crippen molar-refractivity contribution in [3.8, 4) is 5.75 Å². The number of benzene rings is 2. The maximum atomic E-state index is 12.4. The van der Waals surface area contributed by atoms with Gasteiger partial charge in [0, 0.05) is 12.2 Å². The number of carbonyl (C=O) groups excluding carboxylic acids is 1. The zero-order valence-corrected chi connectivity index (χ0v) is 11.9. The molecule has 0 atom stereocenters. The van der Waals surface area contributed by atoms with Gasteiger partial charge in [-0.25, -0.2) is 0 Å². The molecule has 0 aliphatic carbocycles. The van der Waals surface area contributed by atoms with Gasteiger partial charge < -0.3 is 15.7 Å². The monoisotopic (exact) mass is 282 g/mol. The van der Waals surface area contributed by atoms with Crippen LogP contribution in [0.1, 0.15) is 27.0 Å². The largest absolute Gasteiger partial charge is 0.507 e. The number of rotatable bonds is 2. The molecule has 2 aromatic rings. The molecule has 0 fully saturated rings. The molecular formula is C17H18N2O2. The summed E-state index contributed by atoms with van der Waals surface area (Å²) in [5.74, 6) is -0.271. The molecule has 3 rings (SSSR count). The summed E-state index contributed by atoms with van der Waals surface area (Å²) >= 11 is 0. The Balaban J connectivity index is 1.90. The molecule has 0 bridgehead atoms. The fraction of sp³-hybridized carbons (Fsp3) is 0.235. The summed E-state index contributed by atoms with van der Waals surface area (Å²) in [4.78, 5) is 12.4. The summed E-state index contributed by atoms with van der Waals surface area (Å²) in [6, 6.07) is 11.0. The Hall–Kier alpha value is -2.33. The van der Waals surface area contributed by atoms with E-state index in [4.69, 9.17) is 0 Å². The van der Waals surface area contributed by atoms with Gasteiger partial charge in [-0.1, -0.05) is 23.8 Å². The number of carbonyl (C=O) groups is 1. The van der Waals surface area contributed by atoms with E-state index in [1.54, 1.807) is 18.2 Å². The van der Waals surface area contributed by atoms with Gasteiger partial charge in [0.1, 0.15) is 5.75 Å². The molecule has 1 aliphatic heterocycles. The Morgan fingerprint density at radius 1 is 1.29 bits per heavy atom. The summed E-state index contributed by atoms with van der Waals surface area (Å²) in [6.45, 7) is 3.64. The predicted octanol–water partition coefficient (Wildman–Crippen LogP) is 2.60. The molecule has 21 heavy (non-hydrogen) atoms. The summed E-state index contributed by atoms with van der Waals surface area (Å²) < 4.78 is 0. The van der Waals surface area contributed by atoms with E-state index in [9.17, 15) is 9.90 Å². The lowest BCUT2D eigenvalue weighted by Gasteiger charge is -2.20. The van der Waals surface area contributed by atoms with Crippen LogP contribution in [0.4, 0.5) is 5.69 Å². The standard InChI is InChI=1S/C17H18N2O2/c1-11-5-6-16(20)14(9-11)17(21)19-15-4-2-3-12-10-18-8-7-13(12)15/h2-6,9,18,20H,7-8,10H2,1H3,(H,19,21). The second-order valence-corrected chi connectivity index (χ2v) is 5.34. The summed E-state index contributed by atoms with van der Waals surface area (Å²) in [6.07, 6.45) is 0.894. The lowest BCUT2D eigenvalue weighted by atomic mass is 9.99. The SMILES string of the molecule is Cc1ccc(O)c(C(=O)Nc2cccc3c2CCNC3)c1. The Kier molecular flexibility index (Phi) is 3.62. The molecule has 1 amide bonds. The molecule has 2 aromatic carbocycles. The fourth-order valence-electron chi connectivity index (χ4n) is 2.67. The summed E-state index contributed by atoms with van der Waals surface area (Å²) in [5, 5.41) is 16.1. The van der Waals surface area contributed by atoms with Crippen molar-refractivity contribution in [1.82, 2.24) is 5.32 Å². The van der Waals surface area contributed by atoms with Gasteiger partial charge in [0.2, 0.25) is 0 Å². The van der Waals surface area contributed by atoms with Crippen molar-refractivity contribution in [3.63, 3.8) is 0 Å². The van der Waals surface area contributed by atoms with Gasteiger partial charge in [-0.2, -0.15) is 0 Å². The number of aromatic hydroxyl groups is 1. The topological polar surface area (TPSA) is 61.4 Å². The zero-order chi connectivity index (χ0) is 14.8. The molecule has 0 saturated heterocycles. The van der Waals surface area contributed by atoms with Crippen LogP contribution in [0.5, 0.6) is 5.75 Å². The lowest BCUT2D eigenvalue weighted by Crippen LogP contribution is -2.25. The van der Waals surface area contributed by atoms with Crippen molar-refractivity contribution in [2.75, 3.05) is 11.9 Å². The van der Waals surface area contributed by atoms with Gasteiger partial charge in [-0.15, -0.1) is 0 Å². The van der Waals surface area contributed by atoms with Gasteiger partial charge in [0.15, 0.2) is 0 Å².